The Bertz CT molecular complexity index is 606. The zero-order chi connectivity index (χ0) is 18.5. The van der Waals surface area contributed by atoms with Gasteiger partial charge in [0.15, 0.2) is 0 Å². The maximum Gasteiger partial charge on any atom is 0.240 e. The summed E-state index contributed by atoms with van der Waals surface area (Å²) in [5, 5.41) is 11.3. The van der Waals surface area contributed by atoms with Crippen LogP contribution in [0.1, 0.15) is 41.0 Å². The molecule has 0 aliphatic carbocycles. The number of hydrogen-bond acceptors (Lipinski definition) is 3. The first-order valence-electron chi connectivity index (χ1n) is 8.46. The van der Waals surface area contributed by atoms with E-state index >= 15 is 0 Å². The van der Waals surface area contributed by atoms with Crippen LogP contribution < -0.4 is 4.72 Å². The monoisotopic (exact) mass is 359 g/mol. The molecule has 0 saturated heterocycles. The van der Waals surface area contributed by atoms with E-state index in [1.807, 2.05) is 13.8 Å². The first-order chi connectivity index (χ1) is 11.1. The highest BCUT2D eigenvalue weighted by Gasteiger charge is 2.48. The van der Waals surface area contributed by atoms with Gasteiger partial charge in [-0.3, -0.25) is 4.39 Å². The highest BCUT2D eigenvalue weighted by molar-refractivity contribution is 7.89. The number of benzene rings is 1. The van der Waals surface area contributed by atoms with Crippen LogP contribution in [0.15, 0.2) is 35.2 Å². The topological polar surface area (TPSA) is 66.4 Å². The lowest BCUT2D eigenvalue weighted by atomic mass is 9.70. The van der Waals surface area contributed by atoms with E-state index in [0.717, 1.165) is 0 Å². The van der Waals surface area contributed by atoms with Gasteiger partial charge in [0, 0.05) is 5.92 Å². The molecule has 6 heteroatoms. The van der Waals surface area contributed by atoms with Crippen molar-refractivity contribution < 1.29 is 17.9 Å². The minimum atomic E-state index is -3.81. The molecule has 0 aliphatic heterocycles. The third kappa shape index (κ3) is 4.35. The lowest BCUT2D eigenvalue weighted by molar-refractivity contribution is -0.0956. The second kappa shape index (κ2) is 8.41. The molecule has 0 fully saturated rings. The Morgan fingerprint density at radius 1 is 1.17 bits per heavy atom. The largest absolute Gasteiger partial charge is 0.388 e. The SMILES string of the molecule is CC[C@H](C)[C@H](NS(=O)(=O)c1ccccc1)C(O)(C(C)C)C(C)CF. The summed E-state index contributed by atoms with van der Waals surface area (Å²) in [7, 11) is -3.81. The Kier molecular flexibility index (Phi) is 7.38. The molecule has 0 aromatic heterocycles. The predicted molar refractivity (Wildman–Crippen MR) is 94.9 cm³/mol. The van der Waals surface area contributed by atoms with E-state index in [0.29, 0.717) is 6.42 Å². The van der Waals surface area contributed by atoms with E-state index in [4.69, 9.17) is 0 Å². The van der Waals surface area contributed by atoms with Crippen LogP contribution in [0.25, 0.3) is 0 Å². The van der Waals surface area contributed by atoms with Crippen molar-refractivity contribution in [2.45, 2.75) is 57.6 Å². The summed E-state index contributed by atoms with van der Waals surface area (Å²) in [6.07, 6.45) is 0.663. The average Bonchev–Trinajstić information content (AvgIpc) is 2.58. The summed E-state index contributed by atoms with van der Waals surface area (Å²) in [5.74, 6) is -1.14. The molecular formula is C18H30FNO3S. The molecule has 1 aromatic carbocycles. The lowest BCUT2D eigenvalue weighted by Gasteiger charge is -2.45. The van der Waals surface area contributed by atoms with Crippen LogP contribution >= 0.6 is 0 Å². The summed E-state index contributed by atoms with van der Waals surface area (Å²) in [6.45, 7) is 8.28. The van der Waals surface area contributed by atoms with E-state index in [-0.39, 0.29) is 16.7 Å². The minimum Gasteiger partial charge on any atom is -0.388 e. The molecule has 4 nitrogen and oxygen atoms in total. The van der Waals surface area contributed by atoms with Gasteiger partial charge in [-0.2, -0.15) is 0 Å². The van der Waals surface area contributed by atoms with Crippen molar-refractivity contribution in [2.75, 3.05) is 6.67 Å². The quantitative estimate of drug-likeness (QED) is 0.710. The number of hydrogen-bond donors (Lipinski definition) is 2. The molecule has 1 aromatic rings. The Labute approximate surface area is 145 Å². The maximum absolute atomic E-state index is 13.4. The normalized spacial score (nSPS) is 18.8. The molecule has 0 amide bonds. The number of rotatable bonds is 9. The van der Waals surface area contributed by atoms with Gasteiger partial charge in [-0.1, -0.05) is 59.2 Å². The first-order valence-corrected chi connectivity index (χ1v) is 9.95. The highest BCUT2D eigenvalue weighted by atomic mass is 32.2. The standard InChI is InChI=1S/C18H30FNO3S/c1-6-14(4)17(18(21,13(2)3)15(5)12-19)20-24(22,23)16-10-8-7-9-11-16/h7-11,13-15,17,20-21H,6,12H2,1-5H3/t14-,15?,17-,18?/m0/s1. The van der Waals surface area contributed by atoms with E-state index in [2.05, 4.69) is 4.72 Å². The fourth-order valence-corrected chi connectivity index (χ4v) is 4.50. The Balaban J connectivity index is 3.32. The van der Waals surface area contributed by atoms with Crippen LogP contribution in [0.3, 0.4) is 0 Å². The molecule has 0 heterocycles. The van der Waals surface area contributed by atoms with E-state index < -0.39 is 34.3 Å². The third-order valence-electron chi connectivity index (χ3n) is 4.99. The molecule has 138 valence electrons. The molecule has 24 heavy (non-hydrogen) atoms. The van der Waals surface area contributed by atoms with Gasteiger partial charge in [-0.05, 0) is 24.0 Å². The molecule has 1 rings (SSSR count). The van der Waals surface area contributed by atoms with Gasteiger partial charge in [0.25, 0.3) is 0 Å². The van der Waals surface area contributed by atoms with Crippen molar-refractivity contribution in [2.24, 2.45) is 17.8 Å². The van der Waals surface area contributed by atoms with Gasteiger partial charge in [-0.15, -0.1) is 0 Å². The molecule has 2 N–H and O–H groups in total. The fraction of sp³-hybridized carbons (Fsp3) is 0.667. The Morgan fingerprint density at radius 3 is 2.12 bits per heavy atom. The molecule has 2 unspecified atom stereocenters. The highest BCUT2D eigenvalue weighted by Crippen LogP contribution is 2.35. The summed E-state index contributed by atoms with van der Waals surface area (Å²) in [5.41, 5.74) is -1.48. The van der Waals surface area contributed by atoms with Crippen LogP contribution in [-0.2, 0) is 10.0 Å². The van der Waals surface area contributed by atoms with E-state index in [1.165, 1.54) is 12.1 Å². The Morgan fingerprint density at radius 2 is 1.71 bits per heavy atom. The average molecular weight is 360 g/mol. The summed E-state index contributed by atoms with van der Waals surface area (Å²) in [6, 6.07) is 7.25. The van der Waals surface area contributed by atoms with Crippen molar-refractivity contribution in [1.82, 2.24) is 4.72 Å². The number of nitrogens with one attached hydrogen (secondary N) is 1. The molecule has 0 bridgehead atoms. The molecular weight excluding hydrogens is 329 g/mol. The summed E-state index contributed by atoms with van der Waals surface area (Å²) in [4.78, 5) is 0.136. The van der Waals surface area contributed by atoms with Crippen molar-refractivity contribution in [3.8, 4) is 0 Å². The van der Waals surface area contributed by atoms with Gasteiger partial charge >= 0.3 is 0 Å². The van der Waals surface area contributed by atoms with Crippen LogP contribution in [0, 0.1) is 17.8 Å². The number of halogens is 1. The molecule has 0 saturated carbocycles. The van der Waals surface area contributed by atoms with Crippen LogP contribution in [0.2, 0.25) is 0 Å². The van der Waals surface area contributed by atoms with E-state index in [9.17, 15) is 17.9 Å². The van der Waals surface area contributed by atoms with Gasteiger partial charge in [0.1, 0.15) is 0 Å². The summed E-state index contributed by atoms with van der Waals surface area (Å²) < 4.78 is 41.5. The zero-order valence-electron chi connectivity index (χ0n) is 15.2. The van der Waals surface area contributed by atoms with Crippen molar-refractivity contribution in [3.05, 3.63) is 30.3 Å². The minimum absolute atomic E-state index is 0.136. The maximum atomic E-state index is 13.4. The second-order valence-electron chi connectivity index (χ2n) is 6.89. The van der Waals surface area contributed by atoms with Crippen LogP contribution in [0.4, 0.5) is 4.39 Å². The van der Waals surface area contributed by atoms with Crippen LogP contribution in [-0.4, -0.2) is 31.8 Å². The van der Waals surface area contributed by atoms with E-state index in [1.54, 1.807) is 39.0 Å². The molecule has 4 atom stereocenters. The fourth-order valence-electron chi connectivity index (χ4n) is 3.10. The van der Waals surface area contributed by atoms with Gasteiger partial charge < -0.3 is 5.11 Å². The lowest BCUT2D eigenvalue weighted by Crippen LogP contribution is -2.62. The first kappa shape index (κ1) is 21.1. The van der Waals surface area contributed by atoms with Gasteiger partial charge in [0.05, 0.1) is 23.2 Å². The Hall–Kier alpha value is -0.980. The molecule has 0 aliphatic rings. The van der Waals surface area contributed by atoms with Gasteiger partial charge in [-0.25, -0.2) is 13.1 Å². The molecule has 0 radical (unpaired) electrons. The summed E-state index contributed by atoms with van der Waals surface area (Å²) >= 11 is 0. The van der Waals surface area contributed by atoms with Gasteiger partial charge in [0.2, 0.25) is 10.0 Å². The second-order valence-corrected chi connectivity index (χ2v) is 8.61. The zero-order valence-corrected chi connectivity index (χ0v) is 16.0. The number of aliphatic hydroxyl groups is 1. The van der Waals surface area contributed by atoms with Crippen LogP contribution in [0.5, 0.6) is 0 Å². The third-order valence-corrected chi connectivity index (χ3v) is 6.45. The number of sulfonamides is 1. The smallest absolute Gasteiger partial charge is 0.240 e. The number of alkyl halides is 1. The van der Waals surface area contributed by atoms with Crippen molar-refractivity contribution >= 4 is 10.0 Å². The predicted octanol–water partition coefficient (Wildman–Crippen LogP) is 3.37. The molecule has 0 spiro atoms. The van der Waals surface area contributed by atoms with Crippen molar-refractivity contribution in [1.29, 1.82) is 0 Å². The van der Waals surface area contributed by atoms with Crippen molar-refractivity contribution in [3.63, 3.8) is 0 Å².